The molecule has 2 rings (SSSR count). The van der Waals surface area contributed by atoms with Crippen LogP contribution >= 0.6 is 0 Å². The molecule has 2 saturated heterocycles. The lowest BCUT2D eigenvalue weighted by Gasteiger charge is -2.40. The fourth-order valence-corrected chi connectivity index (χ4v) is 2.38. The maximum absolute atomic E-state index is 5.90. The van der Waals surface area contributed by atoms with Crippen LogP contribution in [0.25, 0.3) is 0 Å². The summed E-state index contributed by atoms with van der Waals surface area (Å²) in [6.07, 6.45) is 3.47. The van der Waals surface area contributed by atoms with E-state index < -0.39 is 0 Å². The maximum atomic E-state index is 5.90. The van der Waals surface area contributed by atoms with Gasteiger partial charge in [0, 0.05) is 25.6 Å². The van der Waals surface area contributed by atoms with E-state index in [1.165, 1.54) is 12.8 Å². The molecule has 2 heterocycles. The van der Waals surface area contributed by atoms with Crippen LogP contribution in [0.3, 0.4) is 0 Å². The van der Waals surface area contributed by atoms with Gasteiger partial charge < -0.3 is 14.8 Å². The van der Waals surface area contributed by atoms with Crippen LogP contribution in [0, 0.1) is 0 Å². The zero-order valence-corrected chi connectivity index (χ0v) is 8.34. The van der Waals surface area contributed by atoms with Crippen LogP contribution in [-0.4, -0.2) is 38.0 Å². The molecule has 0 aliphatic carbocycles. The van der Waals surface area contributed by atoms with Crippen LogP contribution in [0.15, 0.2) is 0 Å². The van der Waals surface area contributed by atoms with Crippen LogP contribution in [0.2, 0.25) is 0 Å². The summed E-state index contributed by atoms with van der Waals surface area (Å²) < 4.78 is 11.4. The Labute approximate surface area is 79.8 Å². The lowest BCUT2D eigenvalue weighted by atomic mass is 9.88. The Hall–Kier alpha value is -0.120. The van der Waals surface area contributed by atoms with Gasteiger partial charge in [0.05, 0.1) is 13.2 Å². The Bertz CT molecular complexity index is 164. The van der Waals surface area contributed by atoms with Gasteiger partial charge in [-0.15, -0.1) is 0 Å². The second-order valence-electron chi connectivity index (χ2n) is 4.01. The minimum Gasteiger partial charge on any atom is -0.378 e. The average Bonchev–Trinajstić information content (AvgIpc) is 2.59. The molecule has 76 valence electrons. The van der Waals surface area contributed by atoms with Crippen molar-refractivity contribution in [1.29, 1.82) is 0 Å². The van der Waals surface area contributed by atoms with Crippen LogP contribution in [0.5, 0.6) is 0 Å². The van der Waals surface area contributed by atoms with Gasteiger partial charge in [0.1, 0.15) is 5.60 Å². The van der Waals surface area contributed by atoms with Crippen LogP contribution in [0.1, 0.15) is 26.2 Å². The van der Waals surface area contributed by atoms with Gasteiger partial charge in [0.2, 0.25) is 0 Å². The number of hydrogen-bond donors (Lipinski definition) is 1. The lowest BCUT2D eigenvalue weighted by Crippen LogP contribution is -2.58. The summed E-state index contributed by atoms with van der Waals surface area (Å²) in [5.41, 5.74) is 0.00819. The predicted octanol–water partition coefficient (Wildman–Crippen LogP) is 0.934. The Balaban J connectivity index is 2.03. The third-order valence-corrected chi connectivity index (χ3v) is 3.11. The van der Waals surface area contributed by atoms with Gasteiger partial charge >= 0.3 is 0 Å². The fraction of sp³-hybridized carbons (Fsp3) is 1.00. The van der Waals surface area contributed by atoms with Crippen molar-refractivity contribution < 1.29 is 9.47 Å². The summed E-state index contributed by atoms with van der Waals surface area (Å²) in [5.74, 6) is 0. The number of nitrogens with one attached hydrogen (secondary N) is 1. The summed E-state index contributed by atoms with van der Waals surface area (Å²) >= 11 is 0. The fourth-order valence-electron chi connectivity index (χ4n) is 2.38. The summed E-state index contributed by atoms with van der Waals surface area (Å²) in [7, 11) is 0. The topological polar surface area (TPSA) is 30.5 Å². The molecule has 0 saturated carbocycles. The number of hydrogen-bond acceptors (Lipinski definition) is 3. The van der Waals surface area contributed by atoms with Crippen molar-refractivity contribution in [1.82, 2.24) is 5.32 Å². The third kappa shape index (κ3) is 1.73. The molecule has 1 spiro atoms. The highest BCUT2D eigenvalue weighted by Crippen LogP contribution is 2.31. The first-order valence-electron chi connectivity index (χ1n) is 5.32. The van der Waals surface area contributed by atoms with E-state index in [9.17, 15) is 0 Å². The van der Waals surface area contributed by atoms with E-state index in [1.807, 2.05) is 0 Å². The predicted molar refractivity (Wildman–Crippen MR) is 50.8 cm³/mol. The van der Waals surface area contributed by atoms with Crippen molar-refractivity contribution in [2.75, 3.05) is 26.4 Å². The molecule has 0 amide bonds. The van der Waals surface area contributed by atoms with Crippen LogP contribution in [-0.2, 0) is 9.47 Å². The Kier molecular flexibility index (Phi) is 2.86. The normalized spacial score (nSPS) is 39.9. The average molecular weight is 185 g/mol. The minimum atomic E-state index is 0.00819. The molecule has 13 heavy (non-hydrogen) atoms. The van der Waals surface area contributed by atoms with Gasteiger partial charge in [-0.3, -0.25) is 0 Å². The summed E-state index contributed by atoms with van der Waals surface area (Å²) in [6.45, 7) is 5.70. The lowest BCUT2D eigenvalue weighted by molar-refractivity contribution is -0.0991. The first-order valence-corrected chi connectivity index (χ1v) is 5.32. The second kappa shape index (κ2) is 3.95. The van der Waals surface area contributed by atoms with Crippen molar-refractivity contribution in [3.63, 3.8) is 0 Å². The zero-order valence-electron chi connectivity index (χ0n) is 8.34. The summed E-state index contributed by atoms with van der Waals surface area (Å²) in [5, 5.41) is 3.55. The standard InChI is InChI=1S/C10H19NO2/c1-2-3-9-10(4-6-12-8-10)13-7-5-11-9/h9,11H,2-8H2,1H3. The van der Waals surface area contributed by atoms with Gasteiger partial charge in [0.25, 0.3) is 0 Å². The Morgan fingerprint density at radius 2 is 2.38 bits per heavy atom. The molecular formula is C10H19NO2. The van der Waals surface area contributed by atoms with Gasteiger partial charge in [-0.25, -0.2) is 0 Å². The first-order chi connectivity index (χ1) is 6.37. The molecule has 3 heteroatoms. The molecule has 2 aliphatic rings. The molecule has 3 nitrogen and oxygen atoms in total. The van der Waals surface area contributed by atoms with Crippen molar-refractivity contribution in [2.45, 2.75) is 37.8 Å². The van der Waals surface area contributed by atoms with E-state index >= 15 is 0 Å². The largest absolute Gasteiger partial charge is 0.378 e. The molecule has 2 atom stereocenters. The minimum absolute atomic E-state index is 0.00819. The molecule has 1 N–H and O–H groups in total. The number of ether oxygens (including phenoxy) is 2. The van der Waals surface area contributed by atoms with Gasteiger partial charge in [-0.05, 0) is 6.42 Å². The summed E-state index contributed by atoms with van der Waals surface area (Å²) in [6, 6.07) is 0.508. The van der Waals surface area contributed by atoms with Gasteiger partial charge in [-0.1, -0.05) is 13.3 Å². The third-order valence-electron chi connectivity index (χ3n) is 3.11. The van der Waals surface area contributed by atoms with E-state index in [1.54, 1.807) is 0 Å². The molecule has 2 aliphatic heterocycles. The highest BCUT2D eigenvalue weighted by Gasteiger charge is 2.44. The first kappa shape index (κ1) is 9.44. The summed E-state index contributed by atoms with van der Waals surface area (Å²) in [4.78, 5) is 0. The zero-order chi connectivity index (χ0) is 9.15. The van der Waals surface area contributed by atoms with Crippen molar-refractivity contribution >= 4 is 0 Å². The smallest absolute Gasteiger partial charge is 0.109 e. The molecule has 0 aromatic rings. The van der Waals surface area contributed by atoms with Crippen molar-refractivity contribution in [2.24, 2.45) is 0 Å². The van der Waals surface area contributed by atoms with E-state index in [2.05, 4.69) is 12.2 Å². The maximum Gasteiger partial charge on any atom is 0.109 e. The van der Waals surface area contributed by atoms with Crippen LogP contribution < -0.4 is 5.32 Å². The molecule has 0 bridgehead atoms. The van der Waals surface area contributed by atoms with Crippen molar-refractivity contribution in [3.05, 3.63) is 0 Å². The van der Waals surface area contributed by atoms with E-state index in [4.69, 9.17) is 9.47 Å². The molecule has 0 radical (unpaired) electrons. The Morgan fingerprint density at radius 1 is 1.46 bits per heavy atom. The van der Waals surface area contributed by atoms with E-state index in [0.717, 1.165) is 32.8 Å². The number of rotatable bonds is 2. The second-order valence-corrected chi connectivity index (χ2v) is 4.01. The monoisotopic (exact) mass is 185 g/mol. The quantitative estimate of drug-likeness (QED) is 0.694. The Morgan fingerprint density at radius 3 is 3.08 bits per heavy atom. The van der Waals surface area contributed by atoms with E-state index in [0.29, 0.717) is 6.04 Å². The number of morpholine rings is 1. The van der Waals surface area contributed by atoms with Gasteiger partial charge in [0.15, 0.2) is 0 Å². The molecule has 2 unspecified atom stereocenters. The molecular weight excluding hydrogens is 166 g/mol. The molecule has 2 fully saturated rings. The van der Waals surface area contributed by atoms with Crippen LogP contribution in [0.4, 0.5) is 0 Å². The molecule has 0 aromatic heterocycles. The highest BCUT2D eigenvalue weighted by atomic mass is 16.6. The SMILES string of the molecule is CCCC1NCCOC12CCOC2. The van der Waals surface area contributed by atoms with Gasteiger partial charge in [-0.2, -0.15) is 0 Å². The highest BCUT2D eigenvalue weighted by molar-refractivity contribution is 4.98. The van der Waals surface area contributed by atoms with E-state index in [-0.39, 0.29) is 5.60 Å². The molecule has 0 aromatic carbocycles. The van der Waals surface area contributed by atoms with Crippen molar-refractivity contribution in [3.8, 4) is 0 Å².